The van der Waals surface area contributed by atoms with Gasteiger partial charge in [-0.1, -0.05) is 29.8 Å². The molecule has 1 atom stereocenters. The molecule has 2 N–H and O–H groups in total. The van der Waals surface area contributed by atoms with E-state index < -0.39 is 11.4 Å². The highest BCUT2D eigenvalue weighted by atomic mass is 35.5. The first-order chi connectivity index (χ1) is 17.8. The van der Waals surface area contributed by atoms with Crippen molar-refractivity contribution < 1.29 is 13.6 Å². The summed E-state index contributed by atoms with van der Waals surface area (Å²) in [4.78, 5) is 20.3. The molecular formula is C28H24ClF2N5O. The molecule has 0 radical (unpaired) electrons. The van der Waals surface area contributed by atoms with Crippen LogP contribution >= 0.6 is 11.6 Å². The quantitative estimate of drug-likeness (QED) is 0.347. The van der Waals surface area contributed by atoms with Crippen LogP contribution in [0.15, 0.2) is 66.7 Å². The Kier molecular flexibility index (Phi) is 5.64. The number of nitrogens with zero attached hydrogens (tertiary/aromatic N) is 3. The number of amides is 1. The molecule has 0 saturated heterocycles. The van der Waals surface area contributed by atoms with E-state index in [2.05, 4.69) is 10.6 Å². The first-order valence-corrected chi connectivity index (χ1v) is 12.4. The molecule has 0 bridgehead atoms. The second-order valence-corrected chi connectivity index (χ2v) is 10.1. The predicted octanol–water partition coefficient (Wildman–Crippen LogP) is 5.99. The number of carbonyl (C=O) groups excluding carboxylic acids is 1. The van der Waals surface area contributed by atoms with Crippen molar-refractivity contribution in [2.75, 3.05) is 17.2 Å². The molecule has 4 aromatic rings. The van der Waals surface area contributed by atoms with Crippen molar-refractivity contribution in [1.82, 2.24) is 14.5 Å². The highest BCUT2D eigenvalue weighted by molar-refractivity contribution is 6.30. The summed E-state index contributed by atoms with van der Waals surface area (Å²) >= 11 is 5.86. The van der Waals surface area contributed by atoms with Crippen molar-refractivity contribution in [3.63, 3.8) is 0 Å². The van der Waals surface area contributed by atoms with Gasteiger partial charge in [-0.2, -0.15) is 0 Å². The minimum absolute atomic E-state index is 0.00978. The molecule has 0 unspecified atom stereocenters. The summed E-state index contributed by atoms with van der Waals surface area (Å²) in [6.07, 6.45) is 0.614. The van der Waals surface area contributed by atoms with Crippen molar-refractivity contribution in [2.24, 2.45) is 0 Å². The number of fused-ring (bicyclic) bond motifs is 2. The predicted molar refractivity (Wildman–Crippen MR) is 140 cm³/mol. The van der Waals surface area contributed by atoms with E-state index in [0.717, 1.165) is 11.3 Å². The molecule has 0 saturated carbocycles. The Labute approximate surface area is 217 Å². The molecule has 9 heteroatoms. The van der Waals surface area contributed by atoms with E-state index in [4.69, 9.17) is 16.6 Å². The van der Waals surface area contributed by atoms with Crippen LogP contribution in [0.25, 0.3) is 11.3 Å². The fourth-order valence-corrected chi connectivity index (χ4v) is 5.27. The van der Waals surface area contributed by atoms with Crippen LogP contribution in [0.1, 0.15) is 18.3 Å². The van der Waals surface area contributed by atoms with Gasteiger partial charge in [-0.15, -0.1) is 0 Å². The Bertz CT molecular complexity index is 1490. The average molecular weight is 520 g/mol. The Morgan fingerprint density at radius 3 is 2.62 bits per heavy atom. The fourth-order valence-electron chi connectivity index (χ4n) is 5.15. The smallest absolute Gasteiger partial charge is 0.248 e. The van der Waals surface area contributed by atoms with Crippen LogP contribution in [0.3, 0.4) is 0 Å². The number of benzene rings is 3. The third-order valence-corrected chi connectivity index (χ3v) is 7.31. The lowest BCUT2D eigenvalue weighted by atomic mass is 9.95. The fraction of sp³-hybridized carbons (Fsp3) is 0.214. The third-order valence-electron chi connectivity index (χ3n) is 7.00. The number of nitrogens with one attached hydrogen (secondary N) is 2. The molecular weight excluding hydrogens is 496 g/mol. The Morgan fingerprint density at radius 1 is 1.08 bits per heavy atom. The van der Waals surface area contributed by atoms with Gasteiger partial charge >= 0.3 is 0 Å². The number of hydrogen-bond acceptors (Lipinski definition) is 4. The Morgan fingerprint density at radius 2 is 1.86 bits per heavy atom. The van der Waals surface area contributed by atoms with Gasteiger partial charge in [0.15, 0.2) is 0 Å². The molecule has 0 aliphatic carbocycles. The summed E-state index contributed by atoms with van der Waals surface area (Å²) in [6, 6.07) is 18.5. The van der Waals surface area contributed by atoms with Gasteiger partial charge in [0.05, 0.1) is 11.6 Å². The topological polar surface area (TPSA) is 62.2 Å². The lowest BCUT2D eigenvalue weighted by molar-refractivity contribution is -0.136. The summed E-state index contributed by atoms with van der Waals surface area (Å²) < 4.78 is 29.8. The first kappa shape index (κ1) is 23.5. The van der Waals surface area contributed by atoms with Gasteiger partial charge in [0.2, 0.25) is 5.91 Å². The lowest BCUT2D eigenvalue weighted by Crippen LogP contribution is -2.53. The molecule has 2 aliphatic heterocycles. The third kappa shape index (κ3) is 4.21. The number of aromatic nitrogens is 2. The number of rotatable bonds is 4. The molecule has 1 amide bonds. The first-order valence-electron chi connectivity index (χ1n) is 12.0. The highest BCUT2D eigenvalue weighted by Gasteiger charge is 2.42. The molecule has 3 heterocycles. The minimum atomic E-state index is -0.736. The molecule has 3 aromatic carbocycles. The largest absolute Gasteiger partial charge is 0.371 e. The van der Waals surface area contributed by atoms with Crippen molar-refractivity contribution in [1.29, 1.82) is 0 Å². The number of hydrogen-bond donors (Lipinski definition) is 2. The van der Waals surface area contributed by atoms with E-state index in [-0.39, 0.29) is 16.7 Å². The van der Waals surface area contributed by atoms with E-state index in [0.29, 0.717) is 54.6 Å². The van der Waals surface area contributed by atoms with Crippen LogP contribution in [-0.4, -0.2) is 32.4 Å². The molecule has 0 fully saturated rings. The van der Waals surface area contributed by atoms with Crippen molar-refractivity contribution in [3.05, 3.63) is 94.8 Å². The highest BCUT2D eigenvalue weighted by Crippen LogP contribution is 2.37. The summed E-state index contributed by atoms with van der Waals surface area (Å²) in [5.41, 5.74) is 3.18. The zero-order chi connectivity index (χ0) is 25.7. The SMILES string of the molecule is C[C@@]1(C(=O)N2CCn3c(nc(-c4ccc(F)cc4)c3Nc3ccc(Cl)c(F)c3)C2)Cc2ccccc2N1. The van der Waals surface area contributed by atoms with Gasteiger partial charge < -0.3 is 20.1 Å². The second kappa shape index (κ2) is 8.88. The zero-order valence-corrected chi connectivity index (χ0v) is 20.8. The number of imidazole rings is 1. The van der Waals surface area contributed by atoms with E-state index in [1.807, 2.05) is 40.7 Å². The molecule has 6 rings (SSSR count). The van der Waals surface area contributed by atoms with Gasteiger partial charge in [-0.05, 0) is 61.0 Å². The van der Waals surface area contributed by atoms with Gasteiger partial charge in [-0.3, -0.25) is 4.79 Å². The molecule has 6 nitrogen and oxygen atoms in total. The van der Waals surface area contributed by atoms with Crippen molar-refractivity contribution >= 4 is 34.7 Å². The number of anilines is 3. The molecule has 188 valence electrons. The maximum absolute atomic E-state index is 14.2. The molecule has 1 aromatic heterocycles. The van der Waals surface area contributed by atoms with Crippen LogP contribution < -0.4 is 10.6 Å². The molecule has 2 aliphatic rings. The van der Waals surface area contributed by atoms with Gasteiger partial charge in [0.1, 0.15) is 34.5 Å². The Balaban J connectivity index is 1.33. The minimum Gasteiger partial charge on any atom is -0.371 e. The van der Waals surface area contributed by atoms with Crippen molar-refractivity contribution in [3.8, 4) is 11.3 Å². The van der Waals surface area contributed by atoms with Crippen LogP contribution in [0.2, 0.25) is 5.02 Å². The van der Waals surface area contributed by atoms with E-state index in [1.54, 1.807) is 18.2 Å². The van der Waals surface area contributed by atoms with Crippen LogP contribution in [0, 0.1) is 11.6 Å². The molecule has 37 heavy (non-hydrogen) atoms. The summed E-state index contributed by atoms with van der Waals surface area (Å²) in [6.45, 7) is 3.23. The zero-order valence-electron chi connectivity index (χ0n) is 20.1. The monoisotopic (exact) mass is 519 g/mol. The van der Waals surface area contributed by atoms with Gasteiger partial charge in [-0.25, -0.2) is 13.8 Å². The van der Waals surface area contributed by atoms with E-state index in [9.17, 15) is 13.6 Å². The normalized spacial score (nSPS) is 18.2. The summed E-state index contributed by atoms with van der Waals surface area (Å²) in [7, 11) is 0. The number of carbonyl (C=O) groups is 1. The van der Waals surface area contributed by atoms with E-state index in [1.165, 1.54) is 24.3 Å². The second-order valence-electron chi connectivity index (χ2n) is 9.66. The van der Waals surface area contributed by atoms with Gasteiger partial charge in [0.25, 0.3) is 0 Å². The maximum atomic E-state index is 14.2. The van der Waals surface area contributed by atoms with Crippen LogP contribution in [-0.2, 0) is 24.3 Å². The Hall–Kier alpha value is -3.91. The van der Waals surface area contributed by atoms with Crippen molar-refractivity contribution in [2.45, 2.75) is 32.0 Å². The van der Waals surface area contributed by atoms with Gasteiger partial charge in [0, 0.05) is 36.4 Å². The maximum Gasteiger partial charge on any atom is 0.248 e. The standard InChI is InChI=1S/C28H24ClF2N5O/c1-28(15-18-4-2-3-5-23(18)34-28)27(37)35-12-13-36-24(16-35)33-25(17-6-8-19(30)9-7-17)26(36)32-20-10-11-21(29)22(31)14-20/h2-11,14,32,34H,12-13,15-16H2,1H3/t28-/m0/s1. The number of para-hydroxylation sites is 1. The van der Waals surface area contributed by atoms with E-state index >= 15 is 0 Å². The van der Waals surface area contributed by atoms with Crippen LogP contribution in [0.5, 0.6) is 0 Å². The summed E-state index contributed by atoms with van der Waals surface area (Å²) in [5.74, 6) is 0.458. The molecule has 0 spiro atoms. The lowest BCUT2D eigenvalue weighted by Gasteiger charge is -2.35. The number of halogens is 3. The summed E-state index contributed by atoms with van der Waals surface area (Å²) in [5, 5.41) is 6.71. The average Bonchev–Trinajstić information content (AvgIpc) is 3.43. The van der Waals surface area contributed by atoms with Crippen LogP contribution in [0.4, 0.5) is 26.0 Å².